The molecule has 2 heteroatoms. The average molecular weight is 463 g/mol. The molecule has 0 unspecified atom stereocenters. The van der Waals surface area contributed by atoms with Gasteiger partial charge in [0.2, 0.25) is 0 Å². The van der Waals surface area contributed by atoms with E-state index in [-0.39, 0.29) is 5.41 Å². The first-order chi connectivity index (χ1) is 17.6. The van der Waals surface area contributed by atoms with Crippen LogP contribution in [0.5, 0.6) is 0 Å². The van der Waals surface area contributed by atoms with Crippen LogP contribution in [0.3, 0.4) is 0 Å². The molecule has 1 heterocycles. The summed E-state index contributed by atoms with van der Waals surface area (Å²) in [5.74, 6) is 0.902. The van der Waals surface area contributed by atoms with Gasteiger partial charge < -0.3 is 4.98 Å². The average Bonchev–Trinajstić information content (AvgIpc) is 3.47. The summed E-state index contributed by atoms with van der Waals surface area (Å²) < 4.78 is 0. The highest BCUT2D eigenvalue weighted by atomic mass is 14.9. The molecule has 0 saturated carbocycles. The van der Waals surface area contributed by atoms with Crippen LogP contribution in [0.25, 0.3) is 33.5 Å². The zero-order valence-corrected chi connectivity index (χ0v) is 20.4. The van der Waals surface area contributed by atoms with Crippen LogP contribution in [0, 0.1) is 13.8 Å². The molecule has 36 heavy (non-hydrogen) atoms. The number of aromatic amines is 1. The third-order valence-electron chi connectivity index (χ3n) is 7.67. The Bertz CT molecular complexity index is 1690. The summed E-state index contributed by atoms with van der Waals surface area (Å²) in [5.41, 5.74) is 13.1. The number of H-pyrrole nitrogens is 1. The summed E-state index contributed by atoms with van der Waals surface area (Å²) in [7, 11) is 0. The van der Waals surface area contributed by atoms with Gasteiger partial charge in [-0.15, -0.1) is 0 Å². The fourth-order valence-corrected chi connectivity index (χ4v) is 5.97. The molecule has 1 aliphatic rings. The Morgan fingerprint density at radius 1 is 0.583 bits per heavy atom. The van der Waals surface area contributed by atoms with Crippen molar-refractivity contribution in [3.05, 3.63) is 149 Å². The zero-order chi connectivity index (χ0) is 24.3. The predicted molar refractivity (Wildman–Crippen MR) is 148 cm³/mol. The van der Waals surface area contributed by atoms with E-state index in [9.17, 15) is 0 Å². The number of hydrogen-bond donors (Lipinski definition) is 1. The summed E-state index contributed by atoms with van der Waals surface area (Å²) in [6.45, 7) is 4.26. The molecule has 0 fully saturated rings. The molecule has 0 spiro atoms. The molecule has 1 aliphatic carbocycles. The smallest absolute Gasteiger partial charge is 0.138 e. The Balaban J connectivity index is 1.45. The molecule has 2 nitrogen and oxygen atoms in total. The van der Waals surface area contributed by atoms with Gasteiger partial charge in [-0.25, -0.2) is 4.98 Å². The van der Waals surface area contributed by atoms with Gasteiger partial charge in [0, 0.05) is 5.56 Å². The van der Waals surface area contributed by atoms with Gasteiger partial charge in [-0.05, 0) is 64.9 Å². The van der Waals surface area contributed by atoms with Gasteiger partial charge in [0.05, 0.1) is 16.4 Å². The number of fused-ring (bicyclic) bond motifs is 4. The highest BCUT2D eigenvalue weighted by molar-refractivity contribution is 5.86. The summed E-state index contributed by atoms with van der Waals surface area (Å²) in [4.78, 5) is 8.36. The fraction of sp³-hybridized carbons (Fsp3) is 0.0882. The van der Waals surface area contributed by atoms with Crippen LogP contribution in [0.4, 0.5) is 0 Å². The number of nitrogens with zero attached hydrogens (tertiary/aromatic N) is 1. The van der Waals surface area contributed by atoms with Crippen molar-refractivity contribution < 1.29 is 0 Å². The molecule has 1 aromatic heterocycles. The third kappa shape index (κ3) is 2.94. The van der Waals surface area contributed by atoms with E-state index in [2.05, 4.69) is 134 Å². The van der Waals surface area contributed by atoms with Crippen LogP contribution in [0.2, 0.25) is 0 Å². The first-order valence-corrected chi connectivity index (χ1v) is 12.5. The summed E-state index contributed by atoms with van der Waals surface area (Å²) in [5, 5.41) is 0. The molecule has 0 radical (unpaired) electrons. The van der Waals surface area contributed by atoms with Crippen LogP contribution in [0.1, 0.15) is 33.4 Å². The number of nitrogens with one attached hydrogen (secondary N) is 1. The molecule has 5 aromatic carbocycles. The molecule has 0 amide bonds. The molecule has 1 N–H and O–H groups in total. The van der Waals surface area contributed by atoms with E-state index in [1.54, 1.807) is 0 Å². The number of imidazole rings is 1. The Morgan fingerprint density at radius 3 is 1.78 bits per heavy atom. The largest absolute Gasteiger partial charge is 0.338 e. The number of rotatable bonds is 3. The second kappa shape index (κ2) is 7.79. The van der Waals surface area contributed by atoms with Crippen molar-refractivity contribution in [1.82, 2.24) is 9.97 Å². The number of hydrogen-bond acceptors (Lipinski definition) is 1. The van der Waals surface area contributed by atoms with Crippen molar-refractivity contribution in [1.29, 1.82) is 0 Å². The first kappa shape index (κ1) is 20.9. The van der Waals surface area contributed by atoms with Gasteiger partial charge in [-0.2, -0.15) is 0 Å². The lowest BCUT2D eigenvalue weighted by atomic mass is 9.67. The minimum Gasteiger partial charge on any atom is -0.338 e. The van der Waals surface area contributed by atoms with Crippen LogP contribution in [-0.4, -0.2) is 9.97 Å². The van der Waals surface area contributed by atoms with Crippen LogP contribution in [0.15, 0.2) is 115 Å². The first-order valence-electron chi connectivity index (χ1n) is 12.5. The van der Waals surface area contributed by atoms with Crippen molar-refractivity contribution in [2.75, 3.05) is 0 Å². The monoisotopic (exact) mass is 462 g/mol. The molecule has 0 saturated heterocycles. The number of aryl methyl sites for hydroxylation is 2. The SMILES string of the molecule is Cc1ccc(C2(c3ccc(-c4nc5ccc(C)cc5[nH]4)cc3)c3ccccc3-c3ccccc32)cc1. The quantitative estimate of drug-likeness (QED) is 0.282. The number of aromatic nitrogens is 2. The lowest BCUT2D eigenvalue weighted by Crippen LogP contribution is -2.28. The molecular formula is C34H26N2. The molecular weight excluding hydrogens is 436 g/mol. The third-order valence-corrected chi connectivity index (χ3v) is 7.67. The summed E-state index contributed by atoms with van der Waals surface area (Å²) in [6.07, 6.45) is 0. The van der Waals surface area contributed by atoms with Crippen molar-refractivity contribution >= 4 is 11.0 Å². The van der Waals surface area contributed by atoms with Crippen molar-refractivity contribution in [2.24, 2.45) is 0 Å². The molecule has 172 valence electrons. The van der Waals surface area contributed by atoms with Gasteiger partial charge in [0.1, 0.15) is 5.82 Å². The maximum absolute atomic E-state index is 4.85. The van der Waals surface area contributed by atoms with Gasteiger partial charge in [0.25, 0.3) is 0 Å². The van der Waals surface area contributed by atoms with E-state index in [0.29, 0.717) is 0 Å². The van der Waals surface area contributed by atoms with Gasteiger partial charge in [-0.3, -0.25) is 0 Å². The van der Waals surface area contributed by atoms with Crippen LogP contribution < -0.4 is 0 Å². The van der Waals surface area contributed by atoms with Crippen molar-refractivity contribution in [2.45, 2.75) is 19.3 Å². The number of benzene rings is 5. The molecule has 0 aliphatic heterocycles. The van der Waals surface area contributed by atoms with E-state index in [1.165, 1.54) is 44.5 Å². The summed E-state index contributed by atoms with van der Waals surface area (Å²) >= 11 is 0. The zero-order valence-electron chi connectivity index (χ0n) is 20.4. The van der Waals surface area contributed by atoms with Gasteiger partial charge in [0.15, 0.2) is 0 Å². The van der Waals surface area contributed by atoms with Crippen LogP contribution >= 0.6 is 0 Å². The second-order valence-corrected chi connectivity index (χ2v) is 9.89. The van der Waals surface area contributed by atoms with Gasteiger partial charge in [-0.1, -0.05) is 109 Å². The Kier molecular flexibility index (Phi) is 4.52. The highest BCUT2D eigenvalue weighted by Crippen LogP contribution is 2.56. The minimum absolute atomic E-state index is 0.371. The van der Waals surface area contributed by atoms with E-state index < -0.39 is 0 Å². The molecule has 0 bridgehead atoms. The van der Waals surface area contributed by atoms with Crippen molar-refractivity contribution in [3.8, 4) is 22.5 Å². The lowest BCUT2D eigenvalue weighted by Gasteiger charge is -2.34. The van der Waals surface area contributed by atoms with Crippen LogP contribution in [-0.2, 0) is 5.41 Å². The van der Waals surface area contributed by atoms with Crippen molar-refractivity contribution in [3.63, 3.8) is 0 Å². The van der Waals surface area contributed by atoms with E-state index in [1.807, 2.05) is 0 Å². The topological polar surface area (TPSA) is 28.7 Å². The van der Waals surface area contributed by atoms with E-state index >= 15 is 0 Å². The normalized spacial score (nSPS) is 13.5. The molecule has 7 rings (SSSR count). The maximum atomic E-state index is 4.85. The lowest BCUT2D eigenvalue weighted by molar-refractivity contribution is 0.768. The second-order valence-electron chi connectivity index (χ2n) is 9.89. The minimum atomic E-state index is -0.371. The predicted octanol–water partition coefficient (Wildman–Crippen LogP) is 8.21. The van der Waals surface area contributed by atoms with E-state index in [0.717, 1.165) is 22.4 Å². The highest BCUT2D eigenvalue weighted by Gasteiger charge is 2.45. The Morgan fingerprint density at radius 2 is 1.14 bits per heavy atom. The standard InChI is InChI=1S/C34H26N2/c1-22-11-16-25(17-12-22)34(29-9-5-3-7-27(29)28-8-4-6-10-30(28)34)26-18-14-24(15-19-26)33-35-31-20-13-23(2)21-32(31)36-33/h3-21H,1-2H3,(H,35,36). The maximum Gasteiger partial charge on any atom is 0.138 e. The Labute approximate surface area is 211 Å². The molecule has 6 aromatic rings. The fourth-order valence-electron chi connectivity index (χ4n) is 5.97. The van der Waals surface area contributed by atoms with E-state index in [4.69, 9.17) is 4.98 Å². The summed E-state index contributed by atoms with van der Waals surface area (Å²) in [6, 6.07) is 42.1. The Hall–Kier alpha value is -4.43. The van der Waals surface area contributed by atoms with Gasteiger partial charge >= 0.3 is 0 Å². The molecule has 0 atom stereocenters.